The van der Waals surface area contributed by atoms with E-state index in [4.69, 9.17) is 27.9 Å². The van der Waals surface area contributed by atoms with Crippen molar-refractivity contribution in [2.75, 3.05) is 88.2 Å². The molecule has 3 saturated heterocycles. The maximum Gasteiger partial charge on any atom is 0.248 e. The summed E-state index contributed by atoms with van der Waals surface area (Å²) in [5.74, 6) is -7.44. The number of likely N-dealkylation sites (tertiary alicyclic amines) is 1. The van der Waals surface area contributed by atoms with E-state index in [1.165, 1.54) is 83.5 Å². The summed E-state index contributed by atoms with van der Waals surface area (Å²) in [5.41, 5.74) is -2.06. The van der Waals surface area contributed by atoms with Crippen molar-refractivity contribution in [3.8, 4) is 0 Å². The molecule has 13 atom stereocenters. The molecule has 1 spiro atoms. The van der Waals surface area contributed by atoms with Crippen molar-refractivity contribution in [3.63, 3.8) is 0 Å². The first-order chi connectivity index (χ1) is 48.1. The van der Waals surface area contributed by atoms with Gasteiger partial charge in [0.1, 0.15) is 53.9 Å². The van der Waals surface area contributed by atoms with Crippen molar-refractivity contribution >= 4 is 94.1 Å². The molecule has 3 saturated carbocycles. The molecule has 3 unspecified atom stereocenters. The van der Waals surface area contributed by atoms with Crippen LogP contribution in [-0.2, 0) is 62.3 Å². The van der Waals surface area contributed by atoms with E-state index in [9.17, 15) is 28.8 Å². The second kappa shape index (κ2) is 36.8. The Bertz CT molecular complexity index is 3020. The second-order valence-corrected chi connectivity index (χ2v) is 32.9. The summed E-state index contributed by atoms with van der Waals surface area (Å²) in [4.78, 5) is 194. The van der Waals surface area contributed by atoms with Crippen molar-refractivity contribution in [2.24, 2.45) is 35.0 Å². The molecule has 0 aromatic rings. The van der Waals surface area contributed by atoms with E-state index in [-0.39, 0.29) is 74.4 Å². The Morgan fingerprint density at radius 3 is 1.88 bits per heavy atom. The molecule has 6 fully saturated rings. The summed E-state index contributed by atoms with van der Waals surface area (Å²) in [6.07, 6.45) is 12.4. The summed E-state index contributed by atoms with van der Waals surface area (Å²) in [6, 6.07) is -9.58. The second-order valence-electron chi connectivity index (χ2n) is 31.8. The molecule has 7 rings (SSSR count). The van der Waals surface area contributed by atoms with Gasteiger partial charge in [-0.1, -0.05) is 106 Å². The number of nitrogens with one attached hydrogen (secondary N) is 3. The van der Waals surface area contributed by atoms with Crippen molar-refractivity contribution in [2.45, 2.75) is 268 Å². The van der Waals surface area contributed by atoms with Gasteiger partial charge in [0.05, 0.1) is 31.0 Å². The minimum Gasteiger partial charge on any atom is -0.377 e. The average molecular weight is 1470 g/mol. The predicted molar refractivity (Wildman–Crippen MR) is 390 cm³/mol. The number of ether oxygens (including phenoxy) is 1. The number of carbonyl (C=O) groups is 12. The smallest absolute Gasteiger partial charge is 0.248 e. The Balaban J connectivity index is 1.31. The van der Waals surface area contributed by atoms with E-state index < -0.39 is 168 Å². The molecule has 102 heavy (non-hydrogen) atoms. The molecule has 574 valence electrons. The van der Waals surface area contributed by atoms with Crippen LogP contribution in [0.15, 0.2) is 12.2 Å². The number of halogens is 2. The van der Waals surface area contributed by atoms with Gasteiger partial charge in [0.2, 0.25) is 70.9 Å². The molecule has 2 bridgehead atoms. The van der Waals surface area contributed by atoms with Crippen LogP contribution in [-0.4, -0.2) is 274 Å². The molecular formula is C75H122Cl2N12O13. The molecule has 4 heterocycles. The zero-order valence-electron chi connectivity index (χ0n) is 63.8. The van der Waals surface area contributed by atoms with E-state index >= 15 is 28.8 Å². The first-order valence-corrected chi connectivity index (χ1v) is 38.9. The van der Waals surface area contributed by atoms with Crippen molar-refractivity contribution < 1.29 is 62.3 Å². The summed E-state index contributed by atoms with van der Waals surface area (Å²) < 4.78 is 6.17. The van der Waals surface area contributed by atoms with Gasteiger partial charge in [0.25, 0.3) is 0 Å². The highest BCUT2D eigenvalue weighted by Crippen LogP contribution is 2.50. The van der Waals surface area contributed by atoms with Gasteiger partial charge in [0.15, 0.2) is 0 Å². The molecule has 0 aromatic carbocycles. The number of amides is 12. The van der Waals surface area contributed by atoms with Crippen LogP contribution in [0.5, 0.6) is 0 Å². The topological polar surface area (TPSA) is 279 Å². The van der Waals surface area contributed by atoms with Crippen molar-refractivity contribution in [1.82, 2.24) is 60.0 Å². The van der Waals surface area contributed by atoms with Gasteiger partial charge in [-0.2, -0.15) is 0 Å². The molecule has 4 aliphatic heterocycles. The van der Waals surface area contributed by atoms with Gasteiger partial charge in [-0.15, -0.1) is 23.2 Å². The van der Waals surface area contributed by atoms with E-state index in [1.807, 2.05) is 53.7 Å². The number of fused-ring (bicyclic) bond motifs is 3. The van der Waals surface area contributed by atoms with Gasteiger partial charge in [0, 0.05) is 86.9 Å². The Labute approximate surface area is 616 Å². The SMILES string of the molecule is CCO[C@@H]1C[C@H]2C(=O)NC3(CC(C)(C)C3)C(=O)N(C)[C@@H](C(CC)CC)C(=O)N(C)[C@H](C(=O)N3CCCC3)CC(=O)N(C)[C@@H](C)C(=O)N[C@@H]([C@@H](C)CC)C(=O)N(C)CC(=O)N(C)[C@H]3C/C=C\CCN(C3=O)[C@@H](CC3CCC(C)CC3)C(=O)N(C)CC(=O)N[C@@H](CCC3CCC(Cl)C(Cl)C3)C(=O)N2C1. The Morgan fingerprint density at radius 2 is 1.27 bits per heavy atom. The molecular weight excluding hydrogens is 1350 g/mol. The van der Waals surface area contributed by atoms with Crippen LogP contribution in [0.2, 0.25) is 0 Å². The van der Waals surface area contributed by atoms with Crippen LogP contribution in [0.4, 0.5) is 0 Å². The lowest BCUT2D eigenvalue weighted by molar-refractivity contribution is -0.161. The van der Waals surface area contributed by atoms with Crippen LogP contribution < -0.4 is 16.0 Å². The first-order valence-electron chi connectivity index (χ1n) is 38.0. The number of nitrogens with zero attached hydrogens (tertiary/aromatic N) is 9. The van der Waals surface area contributed by atoms with Gasteiger partial charge in [-0.05, 0) is 126 Å². The minimum absolute atomic E-state index is 0.0295. The van der Waals surface area contributed by atoms with Crippen LogP contribution >= 0.6 is 23.2 Å². The highest BCUT2D eigenvalue weighted by atomic mass is 35.5. The van der Waals surface area contributed by atoms with Crippen LogP contribution in [0.3, 0.4) is 0 Å². The highest BCUT2D eigenvalue weighted by Gasteiger charge is 2.59. The van der Waals surface area contributed by atoms with E-state index in [2.05, 4.69) is 22.9 Å². The molecule has 12 amide bonds. The van der Waals surface area contributed by atoms with Gasteiger partial charge in [-0.25, -0.2) is 0 Å². The third-order valence-electron chi connectivity index (χ3n) is 23.7. The fraction of sp³-hybridized carbons (Fsp3) is 0.813. The fourth-order valence-electron chi connectivity index (χ4n) is 17.0. The zero-order chi connectivity index (χ0) is 75.4. The lowest BCUT2D eigenvalue weighted by Gasteiger charge is -2.54. The largest absolute Gasteiger partial charge is 0.377 e. The van der Waals surface area contributed by atoms with Crippen LogP contribution in [0.25, 0.3) is 0 Å². The average Bonchev–Trinajstić information content (AvgIpc) is 0.830. The van der Waals surface area contributed by atoms with Crippen molar-refractivity contribution in [1.29, 1.82) is 0 Å². The highest BCUT2D eigenvalue weighted by molar-refractivity contribution is 6.30. The lowest BCUT2D eigenvalue weighted by Crippen LogP contribution is -2.71. The fourth-order valence-corrected chi connectivity index (χ4v) is 17.6. The van der Waals surface area contributed by atoms with Crippen LogP contribution in [0.1, 0.15) is 197 Å². The molecule has 3 aliphatic carbocycles. The Kier molecular flexibility index (Phi) is 30.0. The van der Waals surface area contributed by atoms with Crippen LogP contribution in [0, 0.1) is 35.0 Å². The molecule has 0 radical (unpaired) electrons. The monoisotopic (exact) mass is 1470 g/mol. The van der Waals surface area contributed by atoms with Gasteiger partial charge in [-0.3, -0.25) is 57.5 Å². The molecule has 0 aromatic heterocycles. The lowest BCUT2D eigenvalue weighted by atomic mass is 9.58. The number of hydrogen-bond acceptors (Lipinski definition) is 13. The summed E-state index contributed by atoms with van der Waals surface area (Å²) in [6.45, 7) is 17.0. The van der Waals surface area contributed by atoms with Crippen molar-refractivity contribution in [3.05, 3.63) is 12.2 Å². The summed E-state index contributed by atoms with van der Waals surface area (Å²) >= 11 is 13.4. The maximum absolute atomic E-state index is 15.8. The maximum atomic E-state index is 15.8. The first kappa shape index (κ1) is 83.2. The number of alkyl halides is 2. The van der Waals surface area contributed by atoms with E-state index in [1.54, 1.807) is 16.7 Å². The number of likely N-dealkylation sites (N-methyl/N-ethyl adjacent to an activating group) is 6. The quantitative estimate of drug-likeness (QED) is 0.142. The minimum atomic E-state index is -1.58. The van der Waals surface area contributed by atoms with Gasteiger partial charge >= 0.3 is 0 Å². The number of hydrogen-bond donors (Lipinski definition) is 3. The number of carbonyl (C=O) groups excluding carboxylic acids is 12. The standard InChI is InChI=1S/C75H122Cl2N12O13/c1-16-47(6)63-71(99)82(11)43-62(92)84(13)56-25-21-20-22-36-88(70(56)98)59(38-50-28-26-46(5)27-29-50)68(96)81(10)42-60(90)78-55(33-31-49-30-32-53(76)54(77)37-49)67(95)89-41-52(102-19-4)39-57(89)66(94)80-75(44-74(8,9)45-75)73(101)86(15)64(51(17-2)18-3)72(100)85(14)58(69(97)87-34-23-24-35-87)40-61(91)83(12)48(7)65(93)79-63/h20-21,46-59,63-64H,16-19,22-45H2,1-15H3,(H,78,90)(H,79,93)(H,80,94)/b21-20-/t46?,47-,48-,49?,50?,52+,53?,54?,55-,56-,57-,58-,59-,63-,64-/m0/s1. The molecule has 3 N–H and O–H groups in total. The molecule has 27 heteroatoms. The number of rotatable bonds is 13. The van der Waals surface area contributed by atoms with E-state index in [0.29, 0.717) is 83.2 Å². The zero-order valence-corrected chi connectivity index (χ0v) is 65.3. The Morgan fingerprint density at radius 1 is 0.637 bits per heavy atom. The third-order valence-corrected chi connectivity index (χ3v) is 24.9. The molecule has 7 aliphatic rings. The normalized spacial score (nSPS) is 32.5. The third kappa shape index (κ3) is 20.1. The van der Waals surface area contributed by atoms with E-state index in [0.717, 1.165) is 32.1 Å². The molecule has 25 nitrogen and oxygen atoms in total. The predicted octanol–water partition coefficient (Wildman–Crippen LogP) is 5.95. The Hall–Kier alpha value is -6.08. The summed E-state index contributed by atoms with van der Waals surface area (Å²) in [5, 5.41) is 8.46. The summed E-state index contributed by atoms with van der Waals surface area (Å²) in [7, 11) is 8.79. The van der Waals surface area contributed by atoms with Gasteiger partial charge < -0.3 is 64.8 Å².